The molecule has 1 N–H and O–H groups in total. The number of ketones is 1. The van der Waals surface area contributed by atoms with Crippen molar-refractivity contribution < 1.29 is 47.1 Å². The third-order valence-corrected chi connectivity index (χ3v) is 5.16. The minimum atomic E-state index is -2.94. The molecule has 1 heterocycles. The van der Waals surface area contributed by atoms with Crippen molar-refractivity contribution in [3.8, 4) is 5.75 Å². The van der Waals surface area contributed by atoms with Crippen molar-refractivity contribution in [2.45, 2.75) is 63.8 Å². The fourth-order valence-electron chi connectivity index (χ4n) is 3.04. The molecule has 1 aromatic carbocycles. The van der Waals surface area contributed by atoms with Gasteiger partial charge in [0.15, 0.2) is 5.60 Å². The van der Waals surface area contributed by atoms with Crippen LogP contribution in [0.2, 0.25) is 5.82 Å². The van der Waals surface area contributed by atoms with Gasteiger partial charge in [-0.05, 0) is 38.8 Å². The zero-order valence-corrected chi connectivity index (χ0v) is 18.5. The highest BCUT2D eigenvalue weighted by atomic mass is 19.3. The number of Topliss-reactive ketones (excluding diaryl/α,β-unsaturated/α-hetero) is 1. The number of methoxy groups -OCH3 is 1. The highest BCUT2D eigenvalue weighted by molar-refractivity contribution is 6.47. The van der Waals surface area contributed by atoms with Gasteiger partial charge in [-0.3, -0.25) is 4.79 Å². The van der Waals surface area contributed by atoms with E-state index in [2.05, 4.69) is 0 Å². The first kappa shape index (κ1) is 25.7. The quantitative estimate of drug-likeness (QED) is 0.325. The second-order valence-electron chi connectivity index (χ2n) is 8.28. The maximum absolute atomic E-state index is 13.0. The number of benzene rings is 1. The van der Waals surface area contributed by atoms with Gasteiger partial charge in [-0.2, -0.15) is 0 Å². The molecule has 0 amide bonds. The summed E-state index contributed by atoms with van der Waals surface area (Å²) < 4.78 is 46.2. The largest absolute Gasteiger partial charge is 0.535 e. The zero-order chi connectivity index (χ0) is 24.1. The van der Waals surface area contributed by atoms with Crippen LogP contribution in [0.4, 0.5) is 8.78 Å². The van der Waals surface area contributed by atoms with E-state index in [1.54, 1.807) is 12.1 Å². The van der Waals surface area contributed by atoms with Crippen molar-refractivity contribution in [1.82, 2.24) is 0 Å². The van der Waals surface area contributed by atoms with Gasteiger partial charge in [0, 0.05) is 32.2 Å². The molecule has 0 saturated carbocycles. The average Bonchev–Trinajstić information content (AvgIpc) is 2.71. The lowest BCUT2D eigenvalue weighted by Gasteiger charge is -2.28. The van der Waals surface area contributed by atoms with Crippen LogP contribution in [0, 0.1) is 0 Å². The predicted octanol–water partition coefficient (Wildman–Crippen LogP) is 2.95. The number of carbonyl (C=O) groups is 3. The summed E-state index contributed by atoms with van der Waals surface area (Å²) in [6.07, 6.45) is -0.780. The minimum absolute atomic E-state index is 0.0130. The molecule has 0 spiro atoms. The fourth-order valence-corrected chi connectivity index (χ4v) is 3.04. The summed E-state index contributed by atoms with van der Waals surface area (Å²) in [6, 6.07) is 4.66. The van der Waals surface area contributed by atoms with E-state index in [-0.39, 0.29) is 30.6 Å². The van der Waals surface area contributed by atoms with Gasteiger partial charge < -0.3 is 23.9 Å². The van der Waals surface area contributed by atoms with E-state index in [0.717, 1.165) is 6.92 Å². The van der Waals surface area contributed by atoms with Crippen molar-refractivity contribution in [3.63, 3.8) is 0 Å². The van der Waals surface area contributed by atoms with Gasteiger partial charge >= 0.3 is 19.1 Å². The standard InChI is InChI=1S/C21H27BF2O8/c1-20(2,29-4)19(27)31-12-30-18(26)16-7-5-6-13-10-14(22(28)32-17(13)16)11-15(25)8-9-21(3,23)24/h5-7,14,28H,8-12H2,1-4H3/t14-/m1/s1. The van der Waals surface area contributed by atoms with Crippen LogP contribution in [0.25, 0.3) is 0 Å². The fraction of sp³-hybridized carbons (Fsp3) is 0.571. The van der Waals surface area contributed by atoms with E-state index in [4.69, 9.17) is 18.9 Å². The first-order valence-corrected chi connectivity index (χ1v) is 10.1. The maximum atomic E-state index is 13.0. The second-order valence-corrected chi connectivity index (χ2v) is 8.28. The number of rotatable bonds is 10. The van der Waals surface area contributed by atoms with Crippen LogP contribution in [0.5, 0.6) is 5.75 Å². The third kappa shape index (κ3) is 6.99. The molecule has 0 aliphatic carbocycles. The van der Waals surface area contributed by atoms with Crippen molar-refractivity contribution in [3.05, 3.63) is 29.3 Å². The topological polar surface area (TPSA) is 108 Å². The Labute approximate surface area is 185 Å². The zero-order valence-electron chi connectivity index (χ0n) is 18.5. The molecule has 2 rings (SSSR count). The molecule has 0 saturated heterocycles. The van der Waals surface area contributed by atoms with Gasteiger partial charge in [0.05, 0.1) is 0 Å². The summed E-state index contributed by atoms with van der Waals surface area (Å²) in [5, 5.41) is 10.3. The molecule has 1 aliphatic rings. The average molecular weight is 456 g/mol. The van der Waals surface area contributed by atoms with Crippen molar-refractivity contribution in [2.75, 3.05) is 13.9 Å². The molecule has 0 aromatic heterocycles. The lowest BCUT2D eigenvalue weighted by atomic mass is 9.64. The van der Waals surface area contributed by atoms with E-state index >= 15 is 0 Å². The Kier molecular flexibility index (Phi) is 8.36. The summed E-state index contributed by atoms with van der Waals surface area (Å²) in [5.41, 5.74) is -0.634. The van der Waals surface area contributed by atoms with Gasteiger partial charge in [-0.25, -0.2) is 18.4 Å². The van der Waals surface area contributed by atoms with Crippen LogP contribution in [0.3, 0.4) is 0 Å². The molecule has 0 radical (unpaired) electrons. The number of carbonyl (C=O) groups excluding carboxylic acids is 3. The lowest BCUT2D eigenvalue weighted by molar-refractivity contribution is -0.173. The van der Waals surface area contributed by atoms with Crippen LogP contribution in [-0.2, 0) is 30.2 Å². The van der Waals surface area contributed by atoms with Crippen LogP contribution >= 0.6 is 0 Å². The summed E-state index contributed by atoms with van der Waals surface area (Å²) >= 11 is 0. The van der Waals surface area contributed by atoms with Crippen molar-refractivity contribution in [2.24, 2.45) is 0 Å². The predicted molar refractivity (Wildman–Crippen MR) is 109 cm³/mol. The molecule has 32 heavy (non-hydrogen) atoms. The smallest absolute Gasteiger partial charge is 0.526 e. The lowest BCUT2D eigenvalue weighted by Crippen LogP contribution is -2.36. The monoisotopic (exact) mass is 456 g/mol. The Morgan fingerprint density at radius 1 is 1.22 bits per heavy atom. The third-order valence-electron chi connectivity index (χ3n) is 5.16. The van der Waals surface area contributed by atoms with Gasteiger partial charge in [-0.15, -0.1) is 0 Å². The molecule has 1 aliphatic heterocycles. The molecule has 1 aromatic rings. The van der Waals surface area contributed by atoms with Crippen LogP contribution in [-0.4, -0.2) is 55.3 Å². The number of esters is 2. The number of alkyl halides is 2. The highest BCUT2D eigenvalue weighted by Crippen LogP contribution is 2.37. The molecule has 0 unspecified atom stereocenters. The maximum Gasteiger partial charge on any atom is 0.526 e. The van der Waals surface area contributed by atoms with Crippen LogP contribution in [0.15, 0.2) is 18.2 Å². The minimum Gasteiger partial charge on any atom is -0.535 e. The van der Waals surface area contributed by atoms with E-state index in [1.165, 1.54) is 27.0 Å². The number of fused-ring (bicyclic) bond motifs is 1. The Morgan fingerprint density at radius 3 is 2.53 bits per heavy atom. The van der Waals surface area contributed by atoms with Crippen molar-refractivity contribution in [1.29, 1.82) is 0 Å². The number of hydrogen-bond acceptors (Lipinski definition) is 8. The molecule has 176 valence electrons. The summed E-state index contributed by atoms with van der Waals surface area (Å²) in [7, 11) is -0.0608. The summed E-state index contributed by atoms with van der Waals surface area (Å²) in [6.45, 7) is 3.09. The normalized spacial score (nSPS) is 16.1. The second kappa shape index (κ2) is 10.4. The molecule has 8 nitrogen and oxygen atoms in total. The number of para-hydroxylation sites is 1. The molecule has 0 bridgehead atoms. The van der Waals surface area contributed by atoms with E-state index < -0.39 is 55.4 Å². The Morgan fingerprint density at radius 2 is 1.91 bits per heavy atom. The Bertz CT molecular complexity index is 853. The highest BCUT2D eigenvalue weighted by Gasteiger charge is 2.38. The Hall–Kier alpha value is -2.53. The number of halogens is 2. The summed E-state index contributed by atoms with van der Waals surface area (Å²) in [5.74, 6) is -5.44. The molecule has 0 fully saturated rings. The van der Waals surface area contributed by atoms with E-state index in [9.17, 15) is 28.2 Å². The number of hydrogen-bond donors (Lipinski definition) is 1. The van der Waals surface area contributed by atoms with E-state index in [1.807, 2.05) is 0 Å². The molecule has 11 heteroatoms. The SMILES string of the molecule is COC(C)(C)C(=O)OCOC(=O)c1cccc2c1OB(O)[C@@H](CC(=O)CCC(C)(F)F)C2. The molecular weight excluding hydrogens is 429 g/mol. The summed E-state index contributed by atoms with van der Waals surface area (Å²) in [4.78, 5) is 36.3. The van der Waals surface area contributed by atoms with Gasteiger partial charge in [0.1, 0.15) is 17.1 Å². The molecule has 1 atom stereocenters. The van der Waals surface area contributed by atoms with Gasteiger partial charge in [-0.1, -0.05) is 12.1 Å². The van der Waals surface area contributed by atoms with Crippen LogP contribution in [0.1, 0.15) is 56.0 Å². The van der Waals surface area contributed by atoms with Gasteiger partial charge in [0.2, 0.25) is 12.7 Å². The molecular formula is C21H27BF2O8. The van der Waals surface area contributed by atoms with Crippen molar-refractivity contribution >= 4 is 24.8 Å². The van der Waals surface area contributed by atoms with Crippen LogP contribution < -0.4 is 4.65 Å². The van der Waals surface area contributed by atoms with Gasteiger partial charge in [0.25, 0.3) is 0 Å². The first-order valence-electron chi connectivity index (χ1n) is 10.1. The first-order chi connectivity index (χ1) is 14.8. The van der Waals surface area contributed by atoms with E-state index in [0.29, 0.717) is 5.56 Å². The number of ether oxygens (including phenoxy) is 3. The Balaban J connectivity index is 2.00.